The van der Waals surface area contributed by atoms with Crippen LogP contribution in [0.5, 0.6) is 0 Å². The molecule has 0 saturated carbocycles. The second-order valence-electron chi connectivity index (χ2n) is 6.77. The summed E-state index contributed by atoms with van der Waals surface area (Å²) in [5.41, 5.74) is 1.56. The van der Waals surface area contributed by atoms with Crippen molar-refractivity contribution in [2.75, 3.05) is 31.2 Å². The summed E-state index contributed by atoms with van der Waals surface area (Å²) in [4.78, 5) is 4.47. The van der Waals surface area contributed by atoms with Gasteiger partial charge in [0, 0.05) is 13.1 Å². The molecule has 0 bridgehead atoms. The quantitative estimate of drug-likeness (QED) is 0.296. The number of aliphatic imine (C=N–C) groups is 1. The molecule has 1 unspecified atom stereocenters. The maximum Gasteiger partial charge on any atom is 0.411 e. The molecule has 0 aromatic heterocycles. The Bertz CT molecular complexity index is 756. The largest absolute Gasteiger partial charge is 0.411 e. The van der Waals surface area contributed by atoms with Gasteiger partial charge in [0.05, 0.1) is 24.7 Å². The maximum absolute atomic E-state index is 12.1. The Labute approximate surface area is 186 Å². The zero-order chi connectivity index (χ0) is 20.6. The van der Waals surface area contributed by atoms with Crippen LogP contribution in [0.15, 0.2) is 29.3 Å². The van der Waals surface area contributed by atoms with Crippen LogP contribution in [0.3, 0.4) is 0 Å². The number of nitrogens with one attached hydrogen (secondary N) is 2. The van der Waals surface area contributed by atoms with Crippen LogP contribution >= 0.6 is 24.0 Å². The van der Waals surface area contributed by atoms with Crippen molar-refractivity contribution < 1.29 is 26.3 Å². The summed E-state index contributed by atoms with van der Waals surface area (Å²) in [6.45, 7) is 2.18. The number of alkyl halides is 3. The zero-order valence-electron chi connectivity index (χ0n) is 16.2. The van der Waals surface area contributed by atoms with Crippen molar-refractivity contribution in [3.63, 3.8) is 0 Å². The molecule has 166 valence electrons. The molecule has 1 aromatic carbocycles. The average Bonchev–Trinajstić information content (AvgIpc) is 2.96. The fourth-order valence-electron chi connectivity index (χ4n) is 2.81. The predicted molar refractivity (Wildman–Crippen MR) is 117 cm³/mol. The Kier molecular flexibility index (Phi) is 10.7. The van der Waals surface area contributed by atoms with E-state index in [9.17, 15) is 21.6 Å². The first kappa shape index (κ1) is 26.0. The normalized spacial score (nSPS) is 18.9. The summed E-state index contributed by atoms with van der Waals surface area (Å²) in [7, 11) is -2.90. The molecule has 1 aliphatic rings. The summed E-state index contributed by atoms with van der Waals surface area (Å²) in [6, 6.07) is 7.02. The number of halogens is 4. The lowest BCUT2D eigenvalue weighted by Gasteiger charge is -2.14. The topological polar surface area (TPSA) is 79.8 Å². The van der Waals surface area contributed by atoms with E-state index in [1.165, 1.54) is 0 Å². The van der Waals surface area contributed by atoms with Crippen LogP contribution in [-0.2, 0) is 27.7 Å². The Hall–Kier alpha value is -1.08. The van der Waals surface area contributed by atoms with E-state index >= 15 is 0 Å². The van der Waals surface area contributed by atoms with E-state index in [0.29, 0.717) is 37.6 Å². The smallest absolute Gasteiger partial charge is 0.367 e. The van der Waals surface area contributed by atoms with Gasteiger partial charge in [-0.25, -0.2) is 13.4 Å². The second-order valence-corrected chi connectivity index (χ2v) is 9.00. The Morgan fingerprint density at radius 3 is 2.41 bits per heavy atom. The van der Waals surface area contributed by atoms with Crippen LogP contribution in [-0.4, -0.2) is 51.8 Å². The highest BCUT2D eigenvalue weighted by atomic mass is 127. The van der Waals surface area contributed by atoms with Gasteiger partial charge in [0.25, 0.3) is 0 Å². The van der Waals surface area contributed by atoms with E-state index in [-0.39, 0.29) is 48.0 Å². The van der Waals surface area contributed by atoms with E-state index in [4.69, 9.17) is 0 Å². The van der Waals surface area contributed by atoms with E-state index in [1.54, 1.807) is 24.3 Å². The molecule has 1 aliphatic heterocycles. The standard InChI is InChI=1S/C18H26F3N3O3S.HI/c1-2-22-17(24-10-16-7-8-28(25,26)12-16)23-9-14-3-5-15(6-4-14)11-27-13-18(19,20)21;/h3-6,16H,2,7-13H2,1H3,(H2,22,23,24);1H. The van der Waals surface area contributed by atoms with Crippen LogP contribution in [0.1, 0.15) is 24.5 Å². The van der Waals surface area contributed by atoms with Crippen LogP contribution < -0.4 is 10.6 Å². The Balaban J connectivity index is 0.00000420. The van der Waals surface area contributed by atoms with Gasteiger partial charge in [0.2, 0.25) is 0 Å². The van der Waals surface area contributed by atoms with Gasteiger partial charge in [-0.1, -0.05) is 24.3 Å². The highest BCUT2D eigenvalue weighted by Gasteiger charge is 2.28. The SMILES string of the molecule is CCNC(=NCc1ccc(COCC(F)(F)F)cc1)NCC1CCS(=O)(=O)C1.I. The Morgan fingerprint density at radius 1 is 1.21 bits per heavy atom. The van der Waals surface area contributed by atoms with E-state index in [1.807, 2.05) is 6.92 Å². The molecule has 1 fully saturated rings. The first-order valence-electron chi connectivity index (χ1n) is 9.12. The molecular weight excluding hydrogens is 522 g/mol. The van der Waals surface area contributed by atoms with Gasteiger partial charge in [-0.15, -0.1) is 24.0 Å². The van der Waals surface area contributed by atoms with Crippen molar-refractivity contribution in [1.29, 1.82) is 0 Å². The molecule has 1 heterocycles. The molecule has 0 radical (unpaired) electrons. The van der Waals surface area contributed by atoms with Crippen molar-refractivity contribution in [3.05, 3.63) is 35.4 Å². The van der Waals surface area contributed by atoms with Crippen LogP contribution in [0.25, 0.3) is 0 Å². The van der Waals surface area contributed by atoms with Crippen molar-refractivity contribution in [2.45, 2.75) is 32.7 Å². The molecule has 1 atom stereocenters. The number of nitrogens with zero attached hydrogens (tertiary/aromatic N) is 1. The van der Waals surface area contributed by atoms with Crippen molar-refractivity contribution >= 4 is 39.8 Å². The van der Waals surface area contributed by atoms with Crippen LogP contribution in [0.2, 0.25) is 0 Å². The molecule has 2 rings (SSSR count). The van der Waals surface area contributed by atoms with E-state index in [0.717, 1.165) is 5.56 Å². The van der Waals surface area contributed by atoms with Crippen LogP contribution in [0.4, 0.5) is 13.2 Å². The predicted octanol–water partition coefficient (Wildman–Crippen LogP) is 2.87. The van der Waals surface area contributed by atoms with Gasteiger partial charge in [-0.2, -0.15) is 13.2 Å². The maximum atomic E-state index is 12.1. The van der Waals surface area contributed by atoms with Gasteiger partial charge in [-0.3, -0.25) is 0 Å². The average molecular weight is 549 g/mol. The molecule has 0 spiro atoms. The van der Waals surface area contributed by atoms with Gasteiger partial charge < -0.3 is 15.4 Å². The third kappa shape index (κ3) is 10.5. The monoisotopic (exact) mass is 549 g/mol. The summed E-state index contributed by atoms with van der Waals surface area (Å²) < 4.78 is 63.9. The van der Waals surface area contributed by atoms with Crippen molar-refractivity contribution in [1.82, 2.24) is 10.6 Å². The molecule has 29 heavy (non-hydrogen) atoms. The molecule has 6 nitrogen and oxygen atoms in total. The first-order chi connectivity index (χ1) is 13.2. The van der Waals surface area contributed by atoms with E-state index < -0.39 is 22.6 Å². The highest BCUT2D eigenvalue weighted by Crippen LogP contribution is 2.17. The third-order valence-electron chi connectivity index (χ3n) is 4.21. The second kappa shape index (κ2) is 11.9. The molecule has 0 aliphatic carbocycles. The number of hydrogen-bond donors (Lipinski definition) is 2. The summed E-state index contributed by atoms with van der Waals surface area (Å²) in [6.07, 6.45) is -3.67. The molecule has 1 aromatic rings. The summed E-state index contributed by atoms with van der Waals surface area (Å²) in [5.74, 6) is 1.14. The summed E-state index contributed by atoms with van der Waals surface area (Å²) in [5, 5.41) is 6.29. The number of ether oxygens (including phenoxy) is 1. The lowest BCUT2D eigenvalue weighted by molar-refractivity contribution is -0.176. The molecule has 1 saturated heterocycles. The minimum atomic E-state index is -4.33. The zero-order valence-corrected chi connectivity index (χ0v) is 19.3. The number of rotatable bonds is 8. The molecular formula is C18H27F3IN3O3S. The summed E-state index contributed by atoms with van der Waals surface area (Å²) >= 11 is 0. The molecule has 0 amide bonds. The van der Waals surface area contributed by atoms with Crippen LogP contribution in [0, 0.1) is 5.92 Å². The minimum Gasteiger partial charge on any atom is -0.367 e. The van der Waals surface area contributed by atoms with Gasteiger partial charge in [0.15, 0.2) is 15.8 Å². The fourth-order valence-corrected chi connectivity index (χ4v) is 4.67. The van der Waals surface area contributed by atoms with E-state index in [2.05, 4.69) is 20.4 Å². The molecule has 11 heteroatoms. The van der Waals surface area contributed by atoms with Gasteiger partial charge in [-0.05, 0) is 30.4 Å². The lowest BCUT2D eigenvalue weighted by Crippen LogP contribution is -2.40. The number of sulfone groups is 1. The van der Waals surface area contributed by atoms with Gasteiger partial charge >= 0.3 is 6.18 Å². The Morgan fingerprint density at radius 2 is 1.86 bits per heavy atom. The molecule has 2 N–H and O–H groups in total. The minimum absolute atomic E-state index is 0. The number of hydrogen-bond acceptors (Lipinski definition) is 4. The number of guanidine groups is 1. The van der Waals surface area contributed by atoms with Gasteiger partial charge in [0.1, 0.15) is 6.61 Å². The lowest BCUT2D eigenvalue weighted by atomic mass is 10.1. The third-order valence-corrected chi connectivity index (χ3v) is 6.04. The van der Waals surface area contributed by atoms with Crippen molar-refractivity contribution in [2.24, 2.45) is 10.9 Å². The van der Waals surface area contributed by atoms with Crippen molar-refractivity contribution in [3.8, 4) is 0 Å². The first-order valence-corrected chi connectivity index (χ1v) is 10.9. The number of benzene rings is 1. The highest BCUT2D eigenvalue weighted by molar-refractivity contribution is 14.0. The fraction of sp³-hybridized carbons (Fsp3) is 0.611.